The third-order valence-corrected chi connectivity index (χ3v) is 5.06. The van der Waals surface area contributed by atoms with Crippen LogP contribution in [0.25, 0.3) is 0 Å². The molecule has 1 aliphatic heterocycles. The minimum absolute atomic E-state index is 0.000271. The van der Waals surface area contributed by atoms with E-state index in [1.54, 1.807) is 12.5 Å². The van der Waals surface area contributed by atoms with Crippen molar-refractivity contribution in [3.05, 3.63) is 46.7 Å². The van der Waals surface area contributed by atoms with Crippen molar-refractivity contribution < 1.29 is 4.79 Å². The number of hydrogen-bond donors (Lipinski definition) is 2. The zero-order valence-electron chi connectivity index (χ0n) is 14.7. The lowest BCUT2D eigenvalue weighted by Gasteiger charge is -2.30. The number of benzene rings is 1. The molecular formula is C20H27N3O. The number of fused-ring (bicyclic) bond motifs is 1. The van der Waals surface area contributed by atoms with Crippen molar-refractivity contribution >= 4 is 11.6 Å². The van der Waals surface area contributed by atoms with Gasteiger partial charge in [0, 0.05) is 25.1 Å². The Labute approximate surface area is 144 Å². The smallest absolute Gasteiger partial charge is 0.217 e. The number of carbonyl (C=O) groups excluding carboxylic acids is 1. The Kier molecular flexibility index (Phi) is 5.34. The van der Waals surface area contributed by atoms with Gasteiger partial charge in [0.15, 0.2) is 0 Å². The number of allylic oxidation sites excluding steroid dienone is 2. The maximum atomic E-state index is 11.0. The Bertz CT molecular complexity index is 658. The zero-order valence-corrected chi connectivity index (χ0v) is 14.7. The summed E-state index contributed by atoms with van der Waals surface area (Å²) in [4.78, 5) is 11.0. The second kappa shape index (κ2) is 7.65. The molecule has 1 aromatic rings. The molecule has 24 heavy (non-hydrogen) atoms. The molecule has 1 heterocycles. The van der Waals surface area contributed by atoms with E-state index < -0.39 is 0 Å². The lowest BCUT2D eigenvalue weighted by atomic mass is 9.79. The van der Waals surface area contributed by atoms with Crippen LogP contribution in [0.15, 0.2) is 40.6 Å². The van der Waals surface area contributed by atoms with Gasteiger partial charge in [-0.3, -0.25) is 10.2 Å². The highest BCUT2D eigenvalue weighted by Crippen LogP contribution is 2.34. The third-order valence-electron chi connectivity index (χ3n) is 5.06. The highest BCUT2D eigenvalue weighted by Gasteiger charge is 2.27. The maximum absolute atomic E-state index is 11.0. The molecule has 1 aliphatic carbocycles. The van der Waals surface area contributed by atoms with Crippen LogP contribution in [0, 0.1) is 5.92 Å². The number of hydrazone groups is 1. The fourth-order valence-electron chi connectivity index (χ4n) is 3.70. The summed E-state index contributed by atoms with van der Waals surface area (Å²) in [6, 6.07) is 8.44. The molecule has 2 N–H and O–H groups in total. The summed E-state index contributed by atoms with van der Waals surface area (Å²) in [5.74, 6) is 0.451. The molecule has 0 aromatic heterocycles. The Morgan fingerprint density at radius 1 is 1.21 bits per heavy atom. The second-order valence-electron chi connectivity index (χ2n) is 6.87. The van der Waals surface area contributed by atoms with Crippen molar-refractivity contribution in [2.75, 3.05) is 0 Å². The van der Waals surface area contributed by atoms with Gasteiger partial charge in [-0.25, -0.2) is 0 Å². The molecule has 2 aliphatic rings. The maximum Gasteiger partial charge on any atom is 0.217 e. The van der Waals surface area contributed by atoms with E-state index in [0.717, 1.165) is 5.56 Å². The molecule has 0 radical (unpaired) electrons. The molecule has 1 amide bonds. The summed E-state index contributed by atoms with van der Waals surface area (Å²) < 4.78 is 0. The summed E-state index contributed by atoms with van der Waals surface area (Å²) in [6.07, 6.45) is 7.62. The number of rotatable bonds is 3. The fourth-order valence-corrected chi connectivity index (χ4v) is 3.70. The first-order valence-corrected chi connectivity index (χ1v) is 9.02. The summed E-state index contributed by atoms with van der Waals surface area (Å²) in [5, 5.41) is 7.52. The number of nitrogens with zero attached hydrogens (tertiary/aromatic N) is 1. The third kappa shape index (κ3) is 3.86. The van der Waals surface area contributed by atoms with E-state index in [0.29, 0.717) is 12.5 Å². The monoisotopic (exact) mass is 325 g/mol. The molecule has 1 unspecified atom stereocenters. The normalized spacial score (nSPS) is 21.1. The zero-order chi connectivity index (χ0) is 16.9. The van der Waals surface area contributed by atoms with Crippen LogP contribution in [0.4, 0.5) is 0 Å². The SMILES string of the molecule is CC(=O)NCc1ccc(C2=NNC(C)=C3CCCCCCC23)cc1. The van der Waals surface area contributed by atoms with Crippen LogP contribution in [-0.2, 0) is 11.3 Å². The molecule has 1 saturated carbocycles. The Hall–Kier alpha value is -2.10. The molecule has 4 heteroatoms. The lowest BCUT2D eigenvalue weighted by molar-refractivity contribution is -0.119. The van der Waals surface area contributed by atoms with Crippen molar-refractivity contribution in [1.82, 2.24) is 10.7 Å². The van der Waals surface area contributed by atoms with E-state index in [4.69, 9.17) is 0 Å². The largest absolute Gasteiger partial charge is 0.352 e. The molecule has 0 bridgehead atoms. The molecule has 0 spiro atoms. The van der Waals surface area contributed by atoms with Crippen LogP contribution < -0.4 is 10.7 Å². The van der Waals surface area contributed by atoms with Crippen molar-refractivity contribution in [3.8, 4) is 0 Å². The van der Waals surface area contributed by atoms with Gasteiger partial charge in [-0.05, 0) is 42.9 Å². The van der Waals surface area contributed by atoms with E-state index >= 15 is 0 Å². The van der Waals surface area contributed by atoms with Gasteiger partial charge in [-0.1, -0.05) is 43.5 Å². The van der Waals surface area contributed by atoms with Gasteiger partial charge < -0.3 is 5.32 Å². The number of hydrogen-bond acceptors (Lipinski definition) is 3. The predicted molar refractivity (Wildman–Crippen MR) is 97.5 cm³/mol. The van der Waals surface area contributed by atoms with Gasteiger partial charge >= 0.3 is 0 Å². The number of nitrogens with one attached hydrogen (secondary N) is 2. The summed E-state index contributed by atoms with van der Waals surface area (Å²) in [7, 11) is 0. The van der Waals surface area contributed by atoms with Crippen LogP contribution in [0.2, 0.25) is 0 Å². The fraction of sp³-hybridized carbons (Fsp3) is 0.500. The van der Waals surface area contributed by atoms with Crippen LogP contribution in [-0.4, -0.2) is 11.6 Å². The van der Waals surface area contributed by atoms with Crippen LogP contribution in [0.1, 0.15) is 63.5 Å². The van der Waals surface area contributed by atoms with Crippen LogP contribution in [0.3, 0.4) is 0 Å². The van der Waals surface area contributed by atoms with Crippen molar-refractivity contribution in [1.29, 1.82) is 0 Å². The lowest BCUT2D eigenvalue weighted by Crippen LogP contribution is -2.29. The second-order valence-corrected chi connectivity index (χ2v) is 6.87. The Morgan fingerprint density at radius 3 is 2.71 bits per heavy atom. The van der Waals surface area contributed by atoms with Crippen LogP contribution in [0.5, 0.6) is 0 Å². The van der Waals surface area contributed by atoms with Crippen LogP contribution >= 0.6 is 0 Å². The van der Waals surface area contributed by atoms with Crippen molar-refractivity contribution in [2.24, 2.45) is 11.0 Å². The van der Waals surface area contributed by atoms with Crippen molar-refractivity contribution in [2.45, 2.75) is 58.9 Å². The average Bonchev–Trinajstić information content (AvgIpc) is 2.55. The minimum Gasteiger partial charge on any atom is -0.352 e. The predicted octanol–water partition coefficient (Wildman–Crippen LogP) is 3.87. The first-order valence-electron chi connectivity index (χ1n) is 9.02. The van der Waals surface area contributed by atoms with Gasteiger partial charge in [-0.2, -0.15) is 5.10 Å². The first kappa shape index (κ1) is 16.7. The van der Waals surface area contributed by atoms with Gasteiger partial charge in [0.25, 0.3) is 0 Å². The van der Waals surface area contributed by atoms with E-state index in [1.165, 1.54) is 55.5 Å². The highest BCUT2D eigenvalue weighted by molar-refractivity contribution is 6.04. The molecule has 0 saturated heterocycles. The first-order chi connectivity index (χ1) is 11.6. The summed E-state index contributed by atoms with van der Waals surface area (Å²) in [5.41, 5.74) is 9.50. The Balaban J connectivity index is 1.79. The molecule has 1 aromatic carbocycles. The molecule has 1 fully saturated rings. The van der Waals surface area contributed by atoms with E-state index in [1.807, 2.05) is 0 Å². The molecule has 1 atom stereocenters. The van der Waals surface area contributed by atoms with Gasteiger partial charge in [0.05, 0.1) is 5.71 Å². The summed E-state index contributed by atoms with van der Waals surface area (Å²) >= 11 is 0. The van der Waals surface area contributed by atoms with Crippen molar-refractivity contribution in [3.63, 3.8) is 0 Å². The number of amides is 1. The van der Waals surface area contributed by atoms with Gasteiger partial charge in [0.2, 0.25) is 5.91 Å². The van der Waals surface area contributed by atoms with Gasteiger partial charge in [-0.15, -0.1) is 0 Å². The summed E-state index contributed by atoms with van der Waals surface area (Å²) in [6.45, 7) is 4.27. The standard InChI is InChI=1S/C20H27N3O/c1-14-18-7-5-3-4-6-8-19(18)20(23-22-14)17-11-9-16(10-12-17)13-21-15(2)24/h9-12,19,22H,3-8,13H2,1-2H3,(H,21,24). The molecule has 128 valence electrons. The average molecular weight is 325 g/mol. The van der Waals surface area contributed by atoms with E-state index in [9.17, 15) is 4.79 Å². The topological polar surface area (TPSA) is 53.5 Å². The Morgan fingerprint density at radius 2 is 1.96 bits per heavy atom. The minimum atomic E-state index is -0.000271. The van der Waals surface area contributed by atoms with E-state index in [-0.39, 0.29) is 5.91 Å². The molecule has 3 rings (SSSR count). The van der Waals surface area contributed by atoms with Gasteiger partial charge in [0.1, 0.15) is 0 Å². The molecular weight excluding hydrogens is 298 g/mol. The molecule has 4 nitrogen and oxygen atoms in total. The van der Waals surface area contributed by atoms with E-state index in [2.05, 4.69) is 47.0 Å². The highest BCUT2D eigenvalue weighted by atomic mass is 16.1. The quantitative estimate of drug-likeness (QED) is 0.886. The number of carbonyl (C=O) groups is 1.